The monoisotopic (exact) mass is 452 g/mol. The molecular weight excluding hydrogens is 412 g/mol. The first-order chi connectivity index (χ1) is 14.9. The standard InChI is InChI=1S/C21H40O10/c1-15(22)20(25)3-2-4-21(30-11-16(23)9-26-13-18-5-7-28-18)31-12-17(24)10-27-14-19-6-8-29-19/h15-25H,2-14H2,1H3. The lowest BCUT2D eigenvalue weighted by molar-refractivity contribution is -0.185. The van der Waals surface area contributed by atoms with Crippen molar-refractivity contribution in [2.75, 3.05) is 52.9 Å². The average molecular weight is 453 g/mol. The number of aliphatic hydroxyl groups excluding tert-OH is 4. The number of hydrogen-bond acceptors (Lipinski definition) is 10. The van der Waals surface area contributed by atoms with E-state index < -0.39 is 30.7 Å². The van der Waals surface area contributed by atoms with E-state index in [9.17, 15) is 20.4 Å². The first kappa shape index (κ1) is 26.8. The van der Waals surface area contributed by atoms with Crippen LogP contribution >= 0.6 is 0 Å². The van der Waals surface area contributed by atoms with Crippen molar-refractivity contribution in [3.63, 3.8) is 0 Å². The quantitative estimate of drug-likeness (QED) is 0.192. The molecule has 0 aromatic heterocycles. The summed E-state index contributed by atoms with van der Waals surface area (Å²) in [5.41, 5.74) is 0. The number of aliphatic hydroxyl groups is 4. The zero-order valence-corrected chi connectivity index (χ0v) is 18.5. The average Bonchev–Trinajstić information content (AvgIpc) is 2.67. The molecule has 184 valence electrons. The predicted octanol–water partition coefficient (Wildman–Crippen LogP) is -0.409. The Morgan fingerprint density at radius 2 is 1.26 bits per heavy atom. The van der Waals surface area contributed by atoms with Crippen molar-refractivity contribution >= 4 is 0 Å². The summed E-state index contributed by atoms with van der Waals surface area (Å²) < 4.78 is 32.7. The van der Waals surface area contributed by atoms with E-state index in [1.165, 1.54) is 6.92 Å². The lowest BCUT2D eigenvalue weighted by Gasteiger charge is -2.27. The highest BCUT2D eigenvalue weighted by atomic mass is 16.7. The fraction of sp³-hybridized carbons (Fsp3) is 1.00. The Bertz CT molecular complexity index is 414. The van der Waals surface area contributed by atoms with Crippen LogP contribution in [0, 0.1) is 0 Å². The molecule has 31 heavy (non-hydrogen) atoms. The van der Waals surface area contributed by atoms with Gasteiger partial charge in [0.15, 0.2) is 6.29 Å². The van der Waals surface area contributed by atoms with Gasteiger partial charge in [-0.1, -0.05) is 0 Å². The first-order valence-corrected chi connectivity index (χ1v) is 11.3. The number of hydrogen-bond donors (Lipinski definition) is 4. The largest absolute Gasteiger partial charge is 0.391 e. The Labute approximate surface area is 184 Å². The maximum Gasteiger partial charge on any atom is 0.157 e. The normalized spacial score (nSPS) is 25.8. The van der Waals surface area contributed by atoms with Gasteiger partial charge < -0.3 is 48.8 Å². The lowest BCUT2D eigenvalue weighted by atomic mass is 10.1. The summed E-state index contributed by atoms with van der Waals surface area (Å²) in [5.74, 6) is 0. The van der Waals surface area contributed by atoms with Gasteiger partial charge in [-0.25, -0.2) is 0 Å². The minimum Gasteiger partial charge on any atom is -0.391 e. The van der Waals surface area contributed by atoms with Crippen LogP contribution in [0.2, 0.25) is 0 Å². The molecule has 2 aliphatic rings. The van der Waals surface area contributed by atoms with Crippen LogP contribution in [-0.4, -0.2) is 116 Å². The van der Waals surface area contributed by atoms with E-state index >= 15 is 0 Å². The molecule has 2 fully saturated rings. The van der Waals surface area contributed by atoms with Crippen LogP contribution in [-0.2, 0) is 28.4 Å². The molecule has 0 bridgehead atoms. The molecule has 0 amide bonds. The highest BCUT2D eigenvalue weighted by Gasteiger charge is 2.21. The van der Waals surface area contributed by atoms with E-state index in [2.05, 4.69) is 0 Å². The van der Waals surface area contributed by atoms with Gasteiger partial charge >= 0.3 is 0 Å². The van der Waals surface area contributed by atoms with Crippen molar-refractivity contribution in [2.24, 2.45) is 0 Å². The van der Waals surface area contributed by atoms with Gasteiger partial charge in [0, 0.05) is 13.2 Å². The molecule has 0 aromatic rings. The minimum absolute atomic E-state index is 0.0146. The number of ether oxygens (including phenoxy) is 6. The molecule has 0 saturated carbocycles. The second-order valence-electron chi connectivity index (χ2n) is 8.28. The molecular formula is C21H40O10. The molecule has 0 radical (unpaired) electrons. The second kappa shape index (κ2) is 15.4. The van der Waals surface area contributed by atoms with Gasteiger partial charge in [-0.2, -0.15) is 0 Å². The third-order valence-electron chi connectivity index (χ3n) is 5.26. The SMILES string of the molecule is CC(O)C(O)CCCC(OCC(O)COCC1CCO1)OCC(O)COCC1CCO1. The van der Waals surface area contributed by atoms with Crippen LogP contribution in [0.15, 0.2) is 0 Å². The summed E-state index contributed by atoms with van der Waals surface area (Å²) in [6, 6.07) is 0. The lowest BCUT2D eigenvalue weighted by Crippen LogP contribution is -2.35. The van der Waals surface area contributed by atoms with Crippen LogP contribution in [0.5, 0.6) is 0 Å². The summed E-state index contributed by atoms with van der Waals surface area (Å²) in [6.07, 6.45) is -0.371. The Morgan fingerprint density at radius 3 is 1.65 bits per heavy atom. The molecule has 4 N–H and O–H groups in total. The Morgan fingerprint density at radius 1 is 0.774 bits per heavy atom. The first-order valence-electron chi connectivity index (χ1n) is 11.3. The van der Waals surface area contributed by atoms with E-state index in [1.807, 2.05) is 0 Å². The van der Waals surface area contributed by atoms with E-state index in [-0.39, 0.29) is 38.6 Å². The number of rotatable bonds is 19. The molecule has 0 spiro atoms. The van der Waals surface area contributed by atoms with Crippen LogP contribution in [0.4, 0.5) is 0 Å². The van der Waals surface area contributed by atoms with Gasteiger partial charge in [-0.15, -0.1) is 0 Å². The fourth-order valence-corrected chi connectivity index (χ4v) is 2.99. The molecule has 6 atom stereocenters. The maximum atomic E-state index is 10.1. The molecule has 10 nitrogen and oxygen atoms in total. The molecule has 2 heterocycles. The highest BCUT2D eigenvalue weighted by Crippen LogP contribution is 2.14. The van der Waals surface area contributed by atoms with E-state index in [0.29, 0.717) is 32.5 Å². The molecule has 2 rings (SSSR count). The summed E-state index contributed by atoms with van der Waals surface area (Å²) in [4.78, 5) is 0. The van der Waals surface area contributed by atoms with Gasteiger partial charge in [-0.3, -0.25) is 0 Å². The van der Waals surface area contributed by atoms with Crippen molar-refractivity contribution in [1.29, 1.82) is 0 Å². The van der Waals surface area contributed by atoms with Gasteiger partial charge in [-0.05, 0) is 39.0 Å². The van der Waals surface area contributed by atoms with Gasteiger partial charge in [0.2, 0.25) is 0 Å². The maximum absolute atomic E-state index is 10.1. The molecule has 0 aliphatic carbocycles. The molecule has 0 aromatic carbocycles. The third kappa shape index (κ3) is 11.9. The van der Waals surface area contributed by atoms with Crippen molar-refractivity contribution in [2.45, 2.75) is 81.9 Å². The molecule has 2 aliphatic heterocycles. The topological polar surface area (TPSA) is 136 Å². The summed E-state index contributed by atoms with van der Waals surface area (Å²) >= 11 is 0. The van der Waals surface area contributed by atoms with E-state index in [1.54, 1.807) is 0 Å². The van der Waals surface area contributed by atoms with Gasteiger partial charge in [0.1, 0.15) is 12.2 Å². The van der Waals surface area contributed by atoms with Crippen molar-refractivity contribution in [1.82, 2.24) is 0 Å². The van der Waals surface area contributed by atoms with E-state index in [4.69, 9.17) is 28.4 Å². The van der Waals surface area contributed by atoms with Gasteiger partial charge in [0.25, 0.3) is 0 Å². The highest BCUT2D eigenvalue weighted by molar-refractivity contribution is 4.67. The van der Waals surface area contributed by atoms with Crippen LogP contribution < -0.4 is 0 Å². The summed E-state index contributed by atoms with van der Waals surface area (Å²) in [7, 11) is 0. The second-order valence-corrected chi connectivity index (χ2v) is 8.28. The Hall–Kier alpha value is -0.400. The Kier molecular flexibility index (Phi) is 13.4. The van der Waals surface area contributed by atoms with Crippen molar-refractivity contribution in [3.05, 3.63) is 0 Å². The third-order valence-corrected chi connectivity index (χ3v) is 5.26. The van der Waals surface area contributed by atoms with Crippen molar-refractivity contribution < 1.29 is 48.8 Å². The van der Waals surface area contributed by atoms with Crippen LogP contribution in [0.1, 0.15) is 39.0 Å². The molecule has 2 saturated heterocycles. The summed E-state index contributed by atoms with van der Waals surface area (Å²) in [6.45, 7) is 4.24. The molecule has 10 heteroatoms. The fourth-order valence-electron chi connectivity index (χ4n) is 2.99. The zero-order valence-electron chi connectivity index (χ0n) is 18.5. The van der Waals surface area contributed by atoms with E-state index in [0.717, 1.165) is 26.1 Å². The molecule has 6 unspecified atom stereocenters. The predicted molar refractivity (Wildman–Crippen MR) is 110 cm³/mol. The zero-order chi connectivity index (χ0) is 22.5. The van der Waals surface area contributed by atoms with Crippen LogP contribution in [0.3, 0.4) is 0 Å². The Balaban J connectivity index is 1.62. The smallest absolute Gasteiger partial charge is 0.157 e. The van der Waals surface area contributed by atoms with Crippen molar-refractivity contribution in [3.8, 4) is 0 Å². The van der Waals surface area contributed by atoms with Crippen LogP contribution in [0.25, 0.3) is 0 Å². The minimum atomic E-state index is -0.818. The van der Waals surface area contributed by atoms with Gasteiger partial charge in [0.05, 0.1) is 64.1 Å². The summed E-state index contributed by atoms with van der Waals surface area (Å²) in [5, 5.41) is 39.3.